The fraction of sp³-hybridized carbons (Fsp3) is 0.143. The Hall–Kier alpha value is -0.850. The van der Waals surface area contributed by atoms with E-state index in [1.165, 1.54) is 0 Å². The van der Waals surface area contributed by atoms with Crippen molar-refractivity contribution in [3.8, 4) is 0 Å². The molecule has 1 heterocycles. The molecule has 0 saturated carbocycles. The Bertz CT molecular complexity index is 306. The molecule has 0 aliphatic rings. The highest BCUT2D eigenvalue weighted by Crippen LogP contribution is 2.00. The number of aromatic nitrogens is 2. The van der Waals surface area contributed by atoms with E-state index in [9.17, 15) is 4.79 Å². The van der Waals surface area contributed by atoms with Crippen LogP contribution in [0.15, 0.2) is 24.5 Å². The minimum atomic E-state index is -0.933. The number of allylic oxidation sites excluding steroid dienone is 1. The summed E-state index contributed by atoms with van der Waals surface area (Å²) in [6.07, 6.45) is 6.21. The van der Waals surface area contributed by atoms with E-state index in [0.717, 1.165) is 9.65 Å². The van der Waals surface area contributed by atoms with Crippen molar-refractivity contribution in [3.05, 3.63) is 28.1 Å². The van der Waals surface area contributed by atoms with Crippen molar-refractivity contribution < 1.29 is 9.90 Å². The number of nitrogens with zero attached hydrogens (tertiary/aromatic N) is 2. The molecule has 1 aromatic heterocycles. The molecular weight excluding hydrogens is 271 g/mol. The zero-order valence-corrected chi connectivity index (χ0v) is 8.30. The van der Waals surface area contributed by atoms with Crippen molar-refractivity contribution in [1.29, 1.82) is 0 Å². The number of carboxylic acid groups (broad SMARTS) is 1. The van der Waals surface area contributed by atoms with Crippen molar-refractivity contribution in [1.82, 2.24) is 9.78 Å². The molecule has 0 aliphatic carbocycles. The highest BCUT2D eigenvalue weighted by Gasteiger charge is 1.91. The number of halogens is 1. The van der Waals surface area contributed by atoms with E-state index in [1.54, 1.807) is 17.0 Å². The molecule has 0 aromatic carbocycles. The zero-order valence-electron chi connectivity index (χ0n) is 6.14. The van der Waals surface area contributed by atoms with Crippen LogP contribution in [0.3, 0.4) is 0 Å². The highest BCUT2D eigenvalue weighted by atomic mass is 127. The van der Waals surface area contributed by atoms with Crippen molar-refractivity contribution in [3.63, 3.8) is 0 Å². The number of carboxylic acids is 1. The fourth-order valence-electron chi connectivity index (χ4n) is 0.700. The number of hydrogen-bond donors (Lipinski definition) is 1. The van der Waals surface area contributed by atoms with Gasteiger partial charge in [-0.3, -0.25) is 4.68 Å². The van der Waals surface area contributed by atoms with Crippen molar-refractivity contribution in [2.45, 2.75) is 6.54 Å². The second kappa shape index (κ2) is 4.24. The molecule has 64 valence electrons. The summed E-state index contributed by atoms with van der Waals surface area (Å²) in [4.78, 5) is 10.1. The van der Waals surface area contributed by atoms with E-state index in [2.05, 4.69) is 27.7 Å². The minimum absolute atomic E-state index is 0.495. The summed E-state index contributed by atoms with van der Waals surface area (Å²) in [6.45, 7) is 0.495. The minimum Gasteiger partial charge on any atom is -0.478 e. The van der Waals surface area contributed by atoms with Crippen molar-refractivity contribution in [2.75, 3.05) is 0 Å². The van der Waals surface area contributed by atoms with Crippen LogP contribution in [0.1, 0.15) is 0 Å². The van der Waals surface area contributed by atoms with Crippen LogP contribution in [-0.2, 0) is 11.3 Å². The number of rotatable bonds is 3. The Morgan fingerprint density at radius 2 is 2.58 bits per heavy atom. The highest BCUT2D eigenvalue weighted by molar-refractivity contribution is 14.1. The van der Waals surface area contributed by atoms with Gasteiger partial charge in [0.2, 0.25) is 0 Å². The van der Waals surface area contributed by atoms with Gasteiger partial charge < -0.3 is 5.11 Å². The van der Waals surface area contributed by atoms with Crippen LogP contribution < -0.4 is 0 Å². The second-order valence-corrected chi connectivity index (χ2v) is 3.37. The van der Waals surface area contributed by atoms with Gasteiger partial charge in [0.1, 0.15) is 0 Å². The van der Waals surface area contributed by atoms with Gasteiger partial charge >= 0.3 is 5.97 Å². The monoisotopic (exact) mass is 278 g/mol. The number of hydrogen-bond acceptors (Lipinski definition) is 2. The van der Waals surface area contributed by atoms with E-state index >= 15 is 0 Å². The summed E-state index contributed by atoms with van der Waals surface area (Å²) in [6, 6.07) is 0. The normalized spacial score (nSPS) is 10.8. The predicted octanol–water partition coefficient (Wildman–Crippen LogP) is 1.13. The van der Waals surface area contributed by atoms with Gasteiger partial charge in [0.15, 0.2) is 0 Å². The van der Waals surface area contributed by atoms with E-state index in [0.29, 0.717) is 6.54 Å². The summed E-state index contributed by atoms with van der Waals surface area (Å²) in [5, 5.41) is 12.3. The molecule has 5 heteroatoms. The van der Waals surface area contributed by atoms with Gasteiger partial charge in [0, 0.05) is 12.3 Å². The van der Waals surface area contributed by atoms with Crippen LogP contribution in [0.5, 0.6) is 0 Å². The molecule has 1 aromatic rings. The number of aliphatic carboxylic acids is 1. The van der Waals surface area contributed by atoms with Crippen LogP contribution >= 0.6 is 22.6 Å². The van der Waals surface area contributed by atoms with Crippen LogP contribution in [0.25, 0.3) is 0 Å². The molecule has 1 rings (SSSR count). The quantitative estimate of drug-likeness (QED) is 0.666. The van der Waals surface area contributed by atoms with Gasteiger partial charge in [-0.2, -0.15) is 5.10 Å². The summed E-state index contributed by atoms with van der Waals surface area (Å²) < 4.78 is 2.71. The zero-order chi connectivity index (χ0) is 8.97. The second-order valence-electron chi connectivity index (χ2n) is 2.12. The van der Waals surface area contributed by atoms with Crippen LogP contribution in [0, 0.1) is 3.57 Å². The van der Waals surface area contributed by atoms with Crippen LogP contribution in [0.4, 0.5) is 0 Å². The van der Waals surface area contributed by atoms with E-state index < -0.39 is 5.97 Å². The number of carbonyl (C=O) groups is 1. The summed E-state index contributed by atoms with van der Waals surface area (Å²) in [5.41, 5.74) is 0. The standard InChI is InChI=1S/C7H7IN2O2/c8-6-4-9-10(5-6)3-1-2-7(11)12/h1-2,4-5H,3H2,(H,11,12)/b2-1+. The Kier molecular flexibility index (Phi) is 3.27. The molecule has 4 nitrogen and oxygen atoms in total. The molecule has 0 bridgehead atoms. The first-order valence-corrected chi connectivity index (χ1v) is 4.34. The van der Waals surface area contributed by atoms with Gasteiger partial charge in [-0.05, 0) is 22.6 Å². The first-order chi connectivity index (χ1) is 5.68. The molecule has 12 heavy (non-hydrogen) atoms. The molecule has 0 fully saturated rings. The lowest BCUT2D eigenvalue weighted by atomic mass is 10.5. The summed E-state index contributed by atoms with van der Waals surface area (Å²) in [5.74, 6) is -0.933. The lowest BCUT2D eigenvalue weighted by Gasteiger charge is -1.91. The maximum atomic E-state index is 10.1. The third-order valence-electron chi connectivity index (χ3n) is 1.15. The fourth-order valence-corrected chi connectivity index (χ4v) is 1.15. The third-order valence-corrected chi connectivity index (χ3v) is 1.71. The summed E-state index contributed by atoms with van der Waals surface area (Å²) >= 11 is 2.14. The Balaban J connectivity index is 2.48. The molecule has 0 unspecified atom stereocenters. The maximum absolute atomic E-state index is 10.1. The third kappa shape index (κ3) is 3.04. The molecule has 0 atom stereocenters. The van der Waals surface area contributed by atoms with Crippen LogP contribution in [-0.4, -0.2) is 20.9 Å². The lowest BCUT2D eigenvalue weighted by Crippen LogP contribution is -1.96. The smallest absolute Gasteiger partial charge is 0.328 e. The lowest BCUT2D eigenvalue weighted by molar-refractivity contribution is -0.131. The van der Waals surface area contributed by atoms with Gasteiger partial charge in [0.05, 0.1) is 16.3 Å². The average Bonchev–Trinajstić information content (AvgIpc) is 2.35. The SMILES string of the molecule is O=C(O)/C=C/Cn1cc(I)cn1. The molecule has 0 aliphatic heterocycles. The van der Waals surface area contributed by atoms with Gasteiger partial charge in [-0.1, -0.05) is 6.08 Å². The largest absolute Gasteiger partial charge is 0.478 e. The first-order valence-electron chi connectivity index (χ1n) is 3.26. The average molecular weight is 278 g/mol. The molecule has 0 amide bonds. The predicted molar refractivity (Wildman–Crippen MR) is 51.7 cm³/mol. The van der Waals surface area contributed by atoms with Gasteiger partial charge in [0.25, 0.3) is 0 Å². The maximum Gasteiger partial charge on any atom is 0.328 e. The van der Waals surface area contributed by atoms with E-state index in [-0.39, 0.29) is 0 Å². The Labute approximate surface area is 83.0 Å². The topological polar surface area (TPSA) is 55.1 Å². The Morgan fingerprint density at radius 3 is 3.08 bits per heavy atom. The molecular formula is C7H7IN2O2. The summed E-state index contributed by atoms with van der Waals surface area (Å²) in [7, 11) is 0. The van der Waals surface area contributed by atoms with Crippen LogP contribution in [0.2, 0.25) is 0 Å². The van der Waals surface area contributed by atoms with Gasteiger partial charge in [-0.15, -0.1) is 0 Å². The van der Waals surface area contributed by atoms with E-state index in [4.69, 9.17) is 5.11 Å². The molecule has 1 N–H and O–H groups in total. The Morgan fingerprint density at radius 1 is 1.83 bits per heavy atom. The molecule has 0 spiro atoms. The molecule has 0 saturated heterocycles. The van der Waals surface area contributed by atoms with Crippen molar-refractivity contribution in [2.24, 2.45) is 0 Å². The van der Waals surface area contributed by atoms with Gasteiger partial charge in [-0.25, -0.2) is 4.79 Å². The van der Waals surface area contributed by atoms with E-state index in [1.807, 2.05) is 6.20 Å². The molecule has 0 radical (unpaired) electrons. The first kappa shape index (κ1) is 9.24. The van der Waals surface area contributed by atoms with Crippen molar-refractivity contribution >= 4 is 28.6 Å².